The fourth-order valence-electron chi connectivity index (χ4n) is 3.48. The van der Waals surface area contributed by atoms with E-state index >= 15 is 0 Å². The third-order valence-corrected chi connectivity index (χ3v) is 4.70. The highest BCUT2D eigenvalue weighted by Crippen LogP contribution is 2.52. The SMILES string of the molecule is CCCC1CCC(C2(OC(=O)/C=C/C(=O)O)CC2)CC1. The molecule has 0 unspecified atom stereocenters. The first-order chi connectivity index (χ1) is 9.55. The van der Waals surface area contributed by atoms with Crippen LogP contribution in [0.25, 0.3) is 0 Å². The molecule has 0 aliphatic heterocycles. The van der Waals surface area contributed by atoms with Crippen molar-refractivity contribution >= 4 is 11.9 Å². The topological polar surface area (TPSA) is 63.6 Å². The average molecular weight is 280 g/mol. The van der Waals surface area contributed by atoms with Gasteiger partial charge in [0, 0.05) is 12.2 Å². The smallest absolute Gasteiger partial charge is 0.331 e. The number of carbonyl (C=O) groups excluding carboxylic acids is 1. The quantitative estimate of drug-likeness (QED) is 0.599. The zero-order valence-corrected chi connectivity index (χ0v) is 12.1. The number of carbonyl (C=O) groups is 2. The summed E-state index contributed by atoms with van der Waals surface area (Å²) in [5, 5.41) is 8.51. The van der Waals surface area contributed by atoms with Crippen molar-refractivity contribution in [2.75, 3.05) is 0 Å². The molecule has 0 bridgehead atoms. The Labute approximate surface area is 120 Å². The fourth-order valence-corrected chi connectivity index (χ4v) is 3.48. The van der Waals surface area contributed by atoms with E-state index in [9.17, 15) is 9.59 Å². The number of carboxylic acids is 1. The largest absolute Gasteiger partial charge is 0.478 e. The maximum atomic E-state index is 11.6. The molecule has 2 fully saturated rings. The van der Waals surface area contributed by atoms with Crippen molar-refractivity contribution in [1.29, 1.82) is 0 Å². The third kappa shape index (κ3) is 3.84. The van der Waals surface area contributed by atoms with Gasteiger partial charge >= 0.3 is 11.9 Å². The average Bonchev–Trinajstić information content (AvgIpc) is 3.18. The summed E-state index contributed by atoms with van der Waals surface area (Å²) in [6.45, 7) is 2.23. The van der Waals surface area contributed by atoms with Crippen LogP contribution in [0.5, 0.6) is 0 Å². The molecule has 0 amide bonds. The number of carboxylic acid groups (broad SMARTS) is 1. The second-order valence-corrected chi connectivity index (χ2v) is 6.16. The summed E-state index contributed by atoms with van der Waals surface area (Å²) in [6, 6.07) is 0. The molecule has 2 aliphatic carbocycles. The zero-order chi connectivity index (χ0) is 14.6. The fraction of sp³-hybridized carbons (Fsp3) is 0.750. The van der Waals surface area contributed by atoms with Gasteiger partial charge in [0.2, 0.25) is 0 Å². The number of hydrogen-bond donors (Lipinski definition) is 1. The van der Waals surface area contributed by atoms with Gasteiger partial charge in [-0.05, 0) is 37.5 Å². The molecule has 0 aromatic carbocycles. The Hall–Kier alpha value is -1.32. The highest BCUT2D eigenvalue weighted by molar-refractivity contribution is 5.91. The molecule has 1 N–H and O–H groups in total. The van der Waals surface area contributed by atoms with Crippen molar-refractivity contribution < 1.29 is 19.4 Å². The molecule has 2 aliphatic rings. The van der Waals surface area contributed by atoms with E-state index < -0.39 is 11.9 Å². The van der Waals surface area contributed by atoms with Crippen LogP contribution in [0, 0.1) is 11.8 Å². The predicted molar refractivity (Wildman–Crippen MR) is 75.2 cm³/mol. The maximum absolute atomic E-state index is 11.6. The Balaban J connectivity index is 1.83. The van der Waals surface area contributed by atoms with Crippen LogP contribution in [0.3, 0.4) is 0 Å². The van der Waals surface area contributed by atoms with Gasteiger partial charge in [0.25, 0.3) is 0 Å². The molecule has 0 radical (unpaired) electrons. The van der Waals surface area contributed by atoms with Gasteiger partial charge in [-0.3, -0.25) is 0 Å². The predicted octanol–water partition coefficient (Wildman–Crippen LogP) is 3.31. The first-order valence-corrected chi connectivity index (χ1v) is 7.69. The van der Waals surface area contributed by atoms with Gasteiger partial charge in [0.15, 0.2) is 0 Å². The first-order valence-electron chi connectivity index (χ1n) is 7.69. The molecule has 112 valence electrons. The van der Waals surface area contributed by atoms with Gasteiger partial charge in [0.05, 0.1) is 0 Å². The van der Waals surface area contributed by atoms with Gasteiger partial charge in [-0.1, -0.05) is 32.6 Å². The number of rotatable bonds is 6. The Morgan fingerprint density at radius 1 is 1.20 bits per heavy atom. The van der Waals surface area contributed by atoms with Gasteiger partial charge in [-0.2, -0.15) is 0 Å². The lowest BCUT2D eigenvalue weighted by atomic mass is 9.77. The molecule has 0 heterocycles. The summed E-state index contributed by atoms with van der Waals surface area (Å²) in [7, 11) is 0. The van der Waals surface area contributed by atoms with Crippen molar-refractivity contribution in [2.45, 2.75) is 63.9 Å². The third-order valence-electron chi connectivity index (χ3n) is 4.70. The van der Waals surface area contributed by atoms with Crippen LogP contribution in [0.15, 0.2) is 12.2 Å². The summed E-state index contributed by atoms with van der Waals surface area (Å²) in [5.74, 6) is -0.320. The van der Waals surface area contributed by atoms with E-state index in [0.29, 0.717) is 5.92 Å². The lowest BCUT2D eigenvalue weighted by Crippen LogP contribution is -2.31. The summed E-state index contributed by atoms with van der Waals surface area (Å²) in [6.07, 6.45) is 11.0. The van der Waals surface area contributed by atoms with E-state index in [2.05, 4.69) is 6.92 Å². The molecule has 0 aromatic rings. The summed E-state index contributed by atoms with van der Waals surface area (Å²) in [5.41, 5.74) is -0.281. The van der Waals surface area contributed by atoms with E-state index in [-0.39, 0.29) is 5.60 Å². The minimum Gasteiger partial charge on any atom is -0.478 e. The van der Waals surface area contributed by atoms with Crippen molar-refractivity contribution in [1.82, 2.24) is 0 Å². The van der Waals surface area contributed by atoms with Crippen LogP contribution in [-0.2, 0) is 14.3 Å². The lowest BCUT2D eigenvalue weighted by molar-refractivity contribution is -0.150. The molecule has 0 spiro atoms. The second-order valence-electron chi connectivity index (χ2n) is 6.16. The molecule has 20 heavy (non-hydrogen) atoms. The zero-order valence-electron chi connectivity index (χ0n) is 12.1. The highest BCUT2D eigenvalue weighted by Gasteiger charge is 2.53. The van der Waals surface area contributed by atoms with Crippen molar-refractivity contribution in [3.8, 4) is 0 Å². The van der Waals surface area contributed by atoms with Crippen LogP contribution in [-0.4, -0.2) is 22.6 Å². The molecule has 4 heteroatoms. The van der Waals surface area contributed by atoms with E-state index in [4.69, 9.17) is 9.84 Å². The van der Waals surface area contributed by atoms with Gasteiger partial charge in [0.1, 0.15) is 5.60 Å². The Morgan fingerprint density at radius 2 is 1.85 bits per heavy atom. The normalized spacial score (nSPS) is 28.2. The number of esters is 1. The molecular formula is C16H24O4. The van der Waals surface area contributed by atoms with E-state index in [1.807, 2.05) is 0 Å². The van der Waals surface area contributed by atoms with Crippen molar-refractivity contribution in [2.24, 2.45) is 11.8 Å². The van der Waals surface area contributed by atoms with Crippen LogP contribution in [0.4, 0.5) is 0 Å². The molecule has 0 atom stereocenters. The van der Waals surface area contributed by atoms with Crippen molar-refractivity contribution in [3.05, 3.63) is 12.2 Å². The standard InChI is InChI=1S/C16H24O4/c1-2-3-12-4-6-13(7-5-12)16(10-11-16)20-15(19)9-8-14(17)18/h8-9,12-13H,2-7,10-11H2,1H3,(H,17,18)/b9-8+. The number of aliphatic carboxylic acids is 1. The Bertz CT molecular complexity index is 387. The molecule has 2 saturated carbocycles. The highest BCUT2D eigenvalue weighted by atomic mass is 16.6. The minimum absolute atomic E-state index is 0.281. The monoisotopic (exact) mass is 280 g/mol. The van der Waals surface area contributed by atoms with Crippen LogP contribution < -0.4 is 0 Å². The molecule has 2 rings (SSSR count). The number of hydrogen-bond acceptors (Lipinski definition) is 3. The maximum Gasteiger partial charge on any atom is 0.331 e. The van der Waals surface area contributed by atoms with Crippen molar-refractivity contribution in [3.63, 3.8) is 0 Å². The Kier molecular flexibility index (Phi) is 4.84. The lowest BCUT2D eigenvalue weighted by Gasteiger charge is -2.33. The summed E-state index contributed by atoms with van der Waals surface area (Å²) >= 11 is 0. The molecule has 0 aromatic heterocycles. The van der Waals surface area contributed by atoms with E-state index in [0.717, 1.165) is 43.8 Å². The van der Waals surface area contributed by atoms with Crippen LogP contribution in [0.1, 0.15) is 58.3 Å². The second kappa shape index (κ2) is 6.42. The molecular weight excluding hydrogens is 256 g/mol. The van der Waals surface area contributed by atoms with Crippen LogP contribution in [0.2, 0.25) is 0 Å². The van der Waals surface area contributed by atoms with Gasteiger partial charge in [-0.25, -0.2) is 9.59 Å². The Morgan fingerprint density at radius 3 is 2.35 bits per heavy atom. The number of ether oxygens (including phenoxy) is 1. The van der Waals surface area contributed by atoms with Crippen LogP contribution >= 0.6 is 0 Å². The summed E-state index contributed by atoms with van der Waals surface area (Å²) < 4.78 is 5.54. The van der Waals surface area contributed by atoms with E-state index in [1.54, 1.807) is 0 Å². The first kappa shape index (κ1) is 15.1. The molecule has 0 saturated heterocycles. The van der Waals surface area contributed by atoms with E-state index in [1.165, 1.54) is 25.7 Å². The molecule has 4 nitrogen and oxygen atoms in total. The van der Waals surface area contributed by atoms with Gasteiger partial charge < -0.3 is 9.84 Å². The van der Waals surface area contributed by atoms with Gasteiger partial charge in [-0.15, -0.1) is 0 Å². The summed E-state index contributed by atoms with van der Waals surface area (Å²) in [4.78, 5) is 22.0. The minimum atomic E-state index is -1.12.